The average Bonchev–Trinajstić information content (AvgIpc) is 2.56. The third-order valence-electron chi connectivity index (χ3n) is 5.05. The minimum absolute atomic E-state index is 0. The molecule has 2 rings (SSSR count). The summed E-state index contributed by atoms with van der Waals surface area (Å²) in [6.07, 6.45) is 8.06. The van der Waals surface area contributed by atoms with Crippen molar-refractivity contribution in [3.8, 4) is 5.75 Å². The van der Waals surface area contributed by atoms with Crippen molar-refractivity contribution in [3.63, 3.8) is 0 Å². The lowest BCUT2D eigenvalue weighted by Crippen LogP contribution is -2.30. The molecule has 0 spiro atoms. The summed E-state index contributed by atoms with van der Waals surface area (Å²) in [5.74, 6) is 2.36. The molecule has 0 bridgehead atoms. The van der Waals surface area contributed by atoms with Gasteiger partial charge in [-0.15, -0.1) is 12.4 Å². The van der Waals surface area contributed by atoms with Crippen LogP contribution >= 0.6 is 12.4 Å². The summed E-state index contributed by atoms with van der Waals surface area (Å²) in [7, 11) is 0. The van der Waals surface area contributed by atoms with Crippen LogP contribution in [0.25, 0.3) is 0 Å². The molecule has 0 aliphatic carbocycles. The summed E-state index contributed by atoms with van der Waals surface area (Å²) in [5, 5.41) is 0. The Morgan fingerprint density at radius 1 is 0.958 bits per heavy atom. The molecule has 138 valence electrons. The highest BCUT2D eigenvalue weighted by atomic mass is 35.5. The van der Waals surface area contributed by atoms with Crippen LogP contribution in [0.2, 0.25) is 0 Å². The van der Waals surface area contributed by atoms with Crippen molar-refractivity contribution in [3.05, 3.63) is 29.8 Å². The second kappa shape index (κ2) is 11.8. The molecular weight excluding hydrogens is 318 g/mol. The van der Waals surface area contributed by atoms with E-state index >= 15 is 0 Å². The van der Waals surface area contributed by atoms with Gasteiger partial charge in [-0.3, -0.25) is 0 Å². The highest BCUT2D eigenvalue weighted by Gasteiger charge is 2.10. The van der Waals surface area contributed by atoms with E-state index < -0.39 is 0 Å². The first-order valence-corrected chi connectivity index (χ1v) is 9.60. The minimum atomic E-state index is 0. The highest BCUT2D eigenvalue weighted by Crippen LogP contribution is 2.19. The minimum Gasteiger partial charge on any atom is -0.494 e. The molecule has 0 N–H and O–H groups in total. The van der Waals surface area contributed by atoms with Gasteiger partial charge < -0.3 is 9.64 Å². The van der Waals surface area contributed by atoms with Crippen LogP contribution < -0.4 is 4.74 Å². The summed E-state index contributed by atoms with van der Waals surface area (Å²) in [6, 6.07) is 8.58. The summed E-state index contributed by atoms with van der Waals surface area (Å²) >= 11 is 0. The van der Waals surface area contributed by atoms with Gasteiger partial charge in [-0.2, -0.15) is 0 Å². The molecule has 1 aromatic carbocycles. The molecule has 1 saturated heterocycles. The Labute approximate surface area is 155 Å². The summed E-state index contributed by atoms with van der Waals surface area (Å²) in [4.78, 5) is 2.64. The van der Waals surface area contributed by atoms with E-state index in [1.54, 1.807) is 0 Å². The van der Waals surface area contributed by atoms with Gasteiger partial charge in [0, 0.05) is 0 Å². The normalized spacial score (nSPS) is 16.7. The lowest BCUT2D eigenvalue weighted by Gasteiger charge is -2.26. The van der Waals surface area contributed by atoms with E-state index in [2.05, 4.69) is 49.9 Å². The topological polar surface area (TPSA) is 12.5 Å². The number of benzene rings is 1. The van der Waals surface area contributed by atoms with Crippen LogP contribution in [-0.2, 0) is 0 Å². The second-order valence-electron chi connectivity index (χ2n) is 7.51. The maximum absolute atomic E-state index is 5.90. The lowest BCUT2D eigenvalue weighted by atomic mass is 10.0. The number of rotatable bonds is 9. The molecule has 0 aromatic heterocycles. The van der Waals surface area contributed by atoms with E-state index in [4.69, 9.17) is 4.74 Å². The van der Waals surface area contributed by atoms with Gasteiger partial charge in [0.15, 0.2) is 0 Å². The zero-order valence-electron chi connectivity index (χ0n) is 15.8. The Morgan fingerprint density at radius 2 is 1.62 bits per heavy atom. The van der Waals surface area contributed by atoms with Crippen molar-refractivity contribution < 1.29 is 4.74 Å². The van der Waals surface area contributed by atoms with Crippen LogP contribution in [0, 0.1) is 5.92 Å². The molecule has 1 heterocycles. The van der Waals surface area contributed by atoms with Crippen molar-refractivity contribution in [1.82, 2.24) is 4.90 Å². The quantitative estimate of drug-likeness (QED) is 0.547. The first-order valence-electron chi connectivity index (χ1n) is 9.60. The van der Waals surface area contributed by atoms with Crippen LogP contribution in [0.15, 0.2) is 24.3 Å². The Kier molecular flexibility index (Phi) is 10.4. The number of hydrogen-bond donors (Lipinski definition) is 0. The maximum atomic E-state index is 5.90. The molecule has 24 heavy (non-hydrogen) atoms. The summed E-state index contributed by atoms with van der Waals surface area (Å²) in [5.41, 5.74) is 1.38. The van der Waals surface area contributed by atoms with Gasteiger partial charge in [0.2, 0.25) is 0 Å². The van der Waals surface area contributed by atoms with Gasteiger partial charge in [0.05, 0.1) is 6.61 Å². The fraction of sp³-hybridized carbons (Fsp3) is 0.714. The fourth-order valence-electron chi connectivity index (χ4n) is 3.32. The second-order valence-corrected chi connectivity index (χ2v) is 7.51. The molecule has 2 nitrogen and oxygen atoms in total. The highest BCUT2D eigenvalue weighted by molar-refractivity contribution is 5.85. The molecule has 0 amide bonds. The van der Waals surface area contributed by atoms with Crippen molar-refractivity contribution in [1.29, 1.82) is 0 Å². The number of ether oxygens (including phenoxy) is 1. The predicted molar refractivity (Wildman–Crippen MR) is 107 cm³/mol. The van der Waals surface area contributed by atoms with Gasteiger partial charge >= 0.3 is 0 Å². The molecule has 3 heteroatoms. The van der Waals surface area contributed by atoms with Crippen LogP contribution in [0.4, 0.5) is 0 Å². The van der Waals surface area contributed by atoms with Gasteiger partial charge in [-0.25, -0.2) is 0 Å². The van der Waals surface area contributed by atoms with Crippen molar-refractivity contribution in [2.45, 2.75) is 65.2 Å². The Balaban J connectivity index is 0.00000288. The van der Waals surface area contributed by atoms with Crippen LogP contribution in [-0.4, -0.2) is 31.1 Å². The van der Waals surface area contributed by atoms with Crippen molar-refractivity contribution >= 4 is 12.4 Å². The lowest BCUT2D eigenvalue weighted by molar-refractivity contribution is 0.216. The number of halogens is 1. The van der Waals surface area contributed by atoms with Crippen molar-refractivity contribution in [2.75, 3.05) is 26.2 Å². The first kappa shape index (κ1) is 21.3. The van der Waals surface area contributed by atoms with Gasteiger partial charge in [-0.1, -0.05) is 39.3 Å². The third kappa shape index (κ3) is 7.90. The van der Waals surface area contributed by atoms with Crippen LogP contribution in [0.3, 0.4) is 0 Å². The average molecular weight is 354 g/mol. The third-order valence-corrected chi connectivity index (χ3v) is 5.05. The zero-order valence-corrected chi connectivity index (χ0v) is 16.6. The number of likely N-dealkylation sites (tertiary alicyclic amines) is 1. The Hall–Kier alpha value is -0.730. The van der Waals surface area contributed by atoms with E-state index in [1.165, 1.54) is 57.3 Å². The monoisotopic (exact) mass is 353 g/mol. The van der Waals surface area contributed by atoms with Crippen LogP contribution in [0.5, 0.6) is 5.75 Å². The van der Waals surface area contributed by atoms with Crippen LogP contribution in [0.1, 0.15) is 70.8 Å². The van der Waals surface area contributed by atoms with Gasteiger partial charge in [0.1, 0.15) is 5.75 Å². The fourth-order valence-corrected chi connectivity index (χ4v) is 3.32. The van der Waals surface area contributed by atoms with Gasteiger partial charge in [-0.05, 0) is 81.3 Å². The van der Waals surface area contributed by atoms with Crippen molar-refractivity contribution in [2.24, 2.45) is 5.92 Å². The van der Waals surface area contributed by atoms with Gasteiger partial charge in [0.25, 0.3) is 0 Å². The molecule has 1 atom stereocenters. The standard InChI is InChI=1S/C21H35NO.ClH/c1-18(2)20-9-11-21(12-10-20)23-17-13-19(3)8-7-16-22-14-5-4-6-15-22;/h9-12,18-19H,4-8,13-17H2,1-3H3;1H. The maximum Gasteiger partial charge on any atom is 0.119 e. The molecule has 1 aliphatic heterocycles. The molecule has 0 radical (unpaired) electrons. The van der Waals surface area contributed by atoms with E-state index in [-0.39, 0.29) is 12.4 Å². The van der Waals surface area contributed by atoms with E-state index in [9.17, 15) is 0 Å². The SMILES string of the molecule is CC(CCCN1CCCCC1)CCOc1ccc(C(C)C)cc1.Cl. The first-order chi connectivity index (χ1) is 11.1. The smallest absolute Gasteiger partial charge is 0.119 e. The molecule has 1 aromatic rings. The predicted octanol–water partition coefficient (Wildman–Crippen LogP) is 5.90. The summed E-state index contributed by atoms with van der Waals surface area (Å²) in [6.45, 7) is 11.6. The molecule has 1 aliphatic rings. The molecule has 1 unspecified atom stereocenters. The number of hydrogen-bond acceptors (Lipinski definition) is 2. The van der Waals surface area contributed by atoms with E-state index in [0.717, 1.165) is 24.7 Å². The zero-order chi connectivity index (χ0) is 16.5. The summed E-state index contributed by atoms with van der Waals surface area (Å²) < 4.78 is 5.90. The van der Waals surface area contributed by atoms with E-state index in [0.29, 0.717) is 5.92 Å². The molecule has 0 saturated carbocycles. The largest absolute Gasteiger partial charge is 0.494 e. The number of piperidine rings is 1. The Bertz CT molecular complexity index is 426. The molecular formula is C21H36ClNO. The number of nitrogens with zero attached hydrogens (tertiary/aromatic N) is 1. The Morgan fingerprint density at radius 3 is 2.25 bits per heavy atom. The molecule has 1 fully saturated rings. The van der Waals surface area contributed by atoms with E-state index in [1.807, 2.05) is 0 Å².